The number of rotatable bonds is 4. The molecule has 3 aliphatic rings. The molecule has 1 heterocycles. The maximum absolute atomic E-state index is 12.5. The van der Waals surface area contributed by atoms with Gasteiger partial charge >= 0.3 is 0 Å². The first kappa shape index (κ1) is 14.2. The predicted molar refractivity (Wildman–Crippen MR) is 83.3 cm³/mol. The van der Waals surface area contributed by atoms with Crippen LogP contribution in [0, 0.1) is 11.8 Å². The molecule has 22 heavy (non-hydrogen) atoms. The summed E-state index contributed by atoms with van der Waals surface area (Å²) in [5, 5.41) is 0. The fourth-order valence-electron chi connectivity index (χ4n) is 3.84. The summed E-state index contributed by atoms with van der Waals surface area (Å²) < 4.78 is 24.9. The average Bonchev–Trinajstić information content (AvgIpc) is 2.91. The maximum atomic E-state index is 12.5. The summed E-state index contributed by atoms with van der Waals surface area (Å²) in [6.45, 7) is 1.67. The van der Waals surface area contributed by atoms with Gasteiger partial charge < -0.3 is 4.90 Å². The van der Waals surface area contributed by atoms with E-state index < -0.39 is 9.84 Å². The third-order valence-corrected chi connectivity index (χ3v) is 7.06. The molecule has 1 aromatic rings. The summed E-state index contributed by atoms with van der Waals surface area (Å²) in [4.78, 5) is 14.4. The highest BCUT2D eigenvalue weighted by Gasteiger charge is 2.46. The van der Waals surface area contributed by atoms with Crippen LogP contribution in [0.25, 0.3) is 0 Å². The van der Waals surface area contributed by atoms with Crippen molar-refractivity contribution < 1.29 is 13.2 Å². The summed E-state index contributed by atoms with van der Waals surface area (Å²) in [6, 6.07) is 5.45. The molecule has 2 fully saturated rings. The van der Waals surface area contributed by atoms with Crippen molar-refractivity contribution in [3.8, 4) is 0 Å². The highest BCUT2D eigenvalue weighted by molar-refractivity contribution is 7.91. The minimum Gasteiger partial charge on any atom is -0.342 e. The Kier molecular flexibility index (Phi) is 3.29. The zero-order valence-electron chi connectivity index (χ0n) is 12.6. The molecule has 1 aliphatic heterocycles. The third-order valence-electron chi connectivity index (χ3n) is 5.35. The average molecular weight is 319 g/mol. The Bertz CT molecular complexity index is 715. The van der Waals surface area contributed by atoms with E-state index in [1.807, 2.05) is 17.0 Å². The highest BCUT2D eigenvalue weighted by Crippen LogP contribution is 2.44. The molecular weight excluding hydrogens is 298 g/mol. The normalized spacial score (nSPS) is 25.9. The van der Waals surface area contributed by atoms with Gasteiger partial charge in [0.05, 0.1) is 10.6 Å². The third kappa shape index (κ3) is 2.56. The molecule has 0 N–H and O–H groups in total. The summed E-state index contributed by atoms with van der Waals surface area (Å²) in [5.41, 5.74) is 2.43. The van der Waals surface area contributed by atoms with Crippen molar-refractivity contribution in [2.75, 3.05) is 18.8 Å². The summed E-state index contributed by atoms with van der Waals surface area (Å²) >= 11 is 0. The van der Waals surface area contributed by atoms with E-state index in [1.54, 1.807) is 6.07 Å². The molecule has 2 aliphatic carbocycles. The van der Waals surface area contributed by atoms with Gasteiger partial charge in [-0.05, 0) is 60.8 Å². The number of piperidine rings is 1. The van der Waals surface area contributed by atoms with Gasteiger partial charge in [0.25, 0.3) is 0 Å². The summed E-state index contributed by atoms with van der Waals surface area (Å²) in [6.07, 6.45) is 4.48. The number of hydrogen-bond donors (Lipinski definition) is 0. The lowest BCUT2D eigenvalue weighted by atomic mass is 10.1. The van der Waals surface area contributed by atoms with Gasteiger partial charge in [-0.1, -0.05) is 6.07 Å². The van der Waals surface area contributed by atoms with Gasteiger partial charge in [-0.25, -0.2) is 8.42 Å². The second kappa shape index (κ2) is 5.08. The van der Waals surface area contributed by atoms with Gasteiger partial charge in [-0.3, -0.25) is 4.79 Å². The van der Waals surface area contributed by atoms with Crippen molar-refractivity contribution in [2.24, 2.45) is 11.8 Å². The molecule has 4 rings (SSSR count). The Morgan fingerprint density at radius 2 is 1.86 bits per heavy atom. The van der Waals surface area contributed by atoms with E-state index in [0.29, 0.717) is 16.7 Å². The Morgan fingerprint density at radius 1 is 1.14 bits per heavy atom. The van der Waals surface area contributed by atoms with Crippen LogP contribution in [-0.2, 0) is 27.5 Å². The second-order valence-corrected chi connectivity index (χ2v) is 9.02. The van der Waals surface area contributed by atoms with E-state index in [-0.39, 0.29) is 18.1 Å². The molecule has 0 aromatic heterocycles. The number of carbonyl (C=O) groups excluding carboxylic acids is 1. The topological polar surface area (TPSA) is 54.5 Å². The molecule has 2 unspecified atom stereocenters. The minimum absolute atomic E-state index is 0.00284. The highest BCUT2D eigenvalue weighted by atomic mass is 32.2. The predicted octanol–water partition coefficient (Wildman–Crippen LogP) is 1.82. The number of carbonyl (C=O) groups is 1. The minimum atomic E-state index is -3.36. The zero-order chi connectivity index (χ0) is 15.3. The lowest BCUT2D eigenvalue weighted by Gasteiger charge is -2.17. The molecular formula is C17H21NO3S. The fourth-order valence-corrected chi connectivity index (χ4v) is 5.12. The van der Waals surface area contributed by atoms with Crippen LogP contribution in [0.2, 0.25) is 0 Å². The SMILES string of the molecule is O=C(CCS(=O)(=O)c1ccc2c(c1)CCC2)N1CC2CC2C1. The molecule has 1 saturated carbocycles. The van der Waals surface area contributed by atoms with Crippen LogP contribution < -0.4 is 0 Å². The van der Waals surface area contributed by atoms with E-state index in [0.717, 1.165) is 37.9 Å². The van der Waals surface area contributed by atoms with Gasteiger partial charge in [-0.2, -0.15) is 0 Å². The number of nitrogens with zero attached hydrogens (tertiary/aromatic N) is 1. The van der Waals surface area contributed by atoms with Crippen molar-refractivity contribution >= 4 is 15.7 Å². The van der Waals surface area contributed by atoms with Crippen molar-refractivity contribution in [2.45, 2.75) is 37.0 Å². The monoisotopic (exact) mass is 319 g/mol. The summed E-state index contributed by atoms with van der Waals surface area (Å²) in [5.74, 6) is 1.31. The molecule has 0 radical (unpaired) electrons. The number of aryl methyl sites for hydroxylation is 2. The molecule has 0 spiro atoms. The first-order valence-electron chi connectivity index (χ1n) is 8.15. The van der Waals surface area contributed by atoms with Crippen molar-refractivity contribution in [3.05, 3.63) is 29.3 Å². The molecule has 2 atom stereocenters. The standard InChI is InChI=1S/C17H21NO3S/c19-17(18-10-14-8-15(14)11-18)6-7-22(20,21)16-5-4-12-2-1-3-13(12)9-16/h4-5,9,14-15H,1-3,6-8,10-11H2. The zero-order valence-corrected chi connectivity index (χ0v) is 13.4. The van der Waals surface area contributed by atoms with Crippen LogP contribution in [-0.4, -0.2) is 38.1 Å². The van der Waals surface area contributed by atoms with Crippen LogP contribution in [0.5, 0.6) is 0 Å². The van der Waals surface area contributed by atoms with Crippen LogP contribution in [0.4, 0.5) is 0 Å². The van der Waals surface area contributed by atoms with E-state index in [4.69, 9.17) is 0 Å². The van der Waals surface area contributed by atoms with E-state index in [1.165, 1.54) is 12.0 Å². The molecule has 1 amide bonds. The quantitative estimate of drug-likeness (QED) is 0.850. The van der Waals surface area contributed by atoms with Gasteiger partial charge in [0.2, 0.25) is 5.91 Å². The van der Waals surface area contributed by atoms with Gasteiger partial charge in [-0.15, -0.1) is 0 Å². The Balaban J connectivity index is 1.41. The number of amides is 1. The van der Waals surface area contributed by atoms with Crippen LogP contribution in [0.1, 0.15) is 30.4 Å². The number of likely N-dealkylation sites (tertiary alicyclic amines) is 1. The maximum Gasteiger partial charge on any atom is 0.223 e. The largest absolute Gasteiger partial charge is 0.342 e. The number of benzene rings is 1. The van der Waals surface area contributed by atoms with Crippen molar-refractivity contribution in [1.29, 1.82) is 0 Å². The first-order valence-corrected chi connectivity index (χ1v) is 9.80. The lowest BCUT2D eigenvalue weighted by Crippen LogP contribution is -2.31. The molecule has 5 heteroatoms. The first-order chi connectivity index (χ1) is 10.5. The van der Waals surface area contributed by atoms with Gasteiger partial charge in [0, 0.05) is 19.5 Å². The van der Waals surface area contributed by atoms with Crippen LogP contribution in [0.15, 0.2) is 23.1 Å². The van der Waals surface area contributed by atoms with Crippen molar-refractivity contribution in [1.82, 2.24) is 4.90 Å². The molecule has 0 bridgehead atoms. The van der Waals surface area contributed by atoms with Crippen molar-refractivity contribution in [3.63, 3.8) is 0 Å². The summed E-state index contributed by atoms with van der Waals surface area (Å²) in [7, 11) is -3.36. The molecule has 118 valence electrons. The second-order valence-electron chi connectivity index (χ2n) is 6.91. The number of sulfone groups is 1. The molecule has 1 aromatic carbocycles. The Labute approximate surface area is 131 Å². The van der Waals surface area contributed by atoms with Crippen LogP contribution in [0.3, 0.4) is 0 Å². The van der Waals surface area contributed by atoms with E-state index in [9.17, 15) is 13.2 Å². The number of hydrogen-bond acceptors (Lipinski definition) is 3. The van der Waals surface area contributed by atoms with E-state index >= 15 is 0 Å². The molecule has 4 nitrogen and oxygen atoms in total. The smallest absolute Gasteiger partial charge is 0.223 e. The van der Waals surface area contributed by atoms with E-state index in [2.05, 4.69) is 0 Å². The fraction of sp³-hybridized carbons (Fsp3) is 0.588. The van der Waals surface area contributed by atoms with Crippen LogP contribution >= 0.6 is 0 Å². The van der Waals surface area contributed by atoms with Gasteiger partial charge in [0.15, 0.2) is 9.84 Å². The number of fused-ring (bicyclic) bond motifs is 2. The molecule has 1 saturated heterocycles. The lowest BCUT2D eigenvalue weighted by molar-refractivity contribution is -0.130. The van der Waals surface area contributed by atoms with Gasteiger partial charge in [0.1, 0.15) is 0 Å². The Morgan fingerprint density at radius 3 is 2.64 bits per heavy atom. The Hall–Kier alpha value is -1.36.